The third kappa shape index (κ3) is 4.83. The number of halogens is 1. The molecule has 25 heavy (non-hydrogen) atoms. The quantitative estimate of drug-likeness (QED) is 0.848. The van der Waals surface area contributed by atoms with Gasteiger partial charge in [-0.2, -0.15) is 0 Å². The first-order valence-electron chi connectivity index (χ1n) is 8.92. The van der Waals surface area contributed by atoms with Crippen molar-refractivity contribution in [2.75, 3.05) is 20.1 Å². The van der Waals surface area contributed by atoms with E-state index in [-0.39, 0.29) is 5.91 Å². The zero-order valence-electron chi connectivity index (χ0n) is 14.7. The number of nitrogens with zero attached hydrogens (tertiary/aromatic N) is 1. The fourth-order valence-electron chi connectivity index (χ4n) is 3.62. The molecule has 0 unspecified atom stereocenters. The van der Waals surface area contributed by atoms with Crippen molar-refractivity contribution in [3.63, 3.8) is 0 Å². The molecule has 1 amide bonds. The van der Waals surface area contributed by atoms with Gasteiger partial charge in [0.2, 0.25) is 5.91 Å². The molecule has 0 saturated carbocycles. The van der Waals surface area contributed by atoms with Gasteiger partial charge in [-0.15, -0.1) is 0 Å². The molecule has 0 saturated heterocycles. The highest BCUT2D eigenvalue weighted by atomic mass is 35.5. The predicted molar refractivity (Wildman–Crippen MR) is 103 cm³/mol. The lowest BCUT2D eigenvalue weighted by Gasteiger charge is -2.32. The zero-order chi connectivity index (χ0) is 17.6. The van der Waals surface area contributed by atoms with E-state index in [1.807, 2.05) is 31.3 Å². The molecule has 2 aromatic rings. The second-order valence-electron chi connectivity index (χ2n) is 6.75. The van der Waals surface area contributed by atoms with Gasteiger partial charge in [-0.1, -0.05) is 48.0 Å². The monoisotopic (exact) mass is 356 g/mol. The fraction of sp³-hybridized carbons (Fsp3) is 0.381. The molecule has 4 heteroatoms. The van der Waals surface area contributed by atoms with Gasteiger partial charge in [-0.3, -0.25) is 9.69 Å². The van der Waals surface area contributed by atoms with Crippen molar-refractivity contribution in [3.8, 4) is 0 Å². The summed E-state index contributed by atoms with van der Waals surface area (Å²) in [6.45, 7) is 1.06. The molecule has 1 atom stereocenters. The van der Waals surface area contributed by atoms with Crippen molar-refractivity contribution in [2.24, 2.45) is 0 Å². The van der Waals surface area contributed by atoms with Crippen LogP contribution in [0.15, 0.2) is 48.5 Å². The molecule has 1 aliphatic rings. The molecule has 1 aliphatic carbocycles. The highest BCUT2D eigenvalue weighted by Crippen LogP contribution is 2.33. The van der Waals surface area contributed by atoms with Crippen LogP contribution in [0.2, 0.25) is 5.02 Å². The molecule has 2 aromatic carbocycles. The highest BCUT2D eigenvalue weighted by molar-refractivity contribution is 6.30. The first-order valence-corrected chi connectivity index (χ1v) is 9.30. The Bertz CT molecular complexity index is 731. The average molecular weight is 357 g/mol. The summed E-state index contributed by atoms with van der Waals surface area (Å²) >= 11 is 5.99. The van der Waals surface area contributed by atoms with Gasteiger partial charge in [-0.25, -0.2) is 0 Å². The standard InChI is InChI=1S/C21H25ClN2O/c1-24(20-11-5-8-17-7-2-3-10-19(17)20)15-21(25)23-13-12-16-6-4-9-18(22)14-16/h2-4,6-7,9-10,14,20H,5,8,11-13,15H2,1H3,(H,23,25)/t20-/m0/s1. The second-order valence-corrected chi connectivity index (χ2v) is 7.19. The minimum Gasteiger partial charge on any atom is -0.355 e. The Labute approximate surface area is 155 Å². The van der Waals surface area contributed by atoms with Crippen molar-refractivity contribution in [3.05, 3.63) is 70.2 Å². The van der Waals surface area contributed by atoms with Crippen LogP contribution in [0.25, 0.3) is 0 Å². The summed E-state index contributed by atoms with van der Waals surface area (Å²) in [5, 5.41) is 3.76. The van der Waals surface area contributed by atoms with Crippen LogP contribution in [0, 0.1) is 0 Å². The minimum absolute atomic E-state index is 0.0765. The lowest BCUT2D eigenvalue weighted by molar-refractivity contribution is -0.122. The molecule has 3 nitrogen and oxygen atoms in total. The van der Waals surface area contributed by atoms with Crippen LogP contribution >= 0.6 is 11.6 Å². The second kappa shape index (κ2) is 8.50. The molecule has 0 radical (unpaired) electrons. The number of benzene rings is 2. The summed E-state index contributed by atoms with van der Waals surface area (Å²) in [4.78, 5) is 14.5. The SMILES string of the molecule is CN(CC(=O)NCCc1cccc(Cl)c1)[C@H]1CCCc2ccccc21. The Balaban J connectivity index is 1.50. The number of carbonyl (C=O) groups is 1. The molecule has 0 bridgehead atoms. The summed E-state index contributed by atoms with van der Waals surface area (Å²) in [6.07, 6.45) is 4.24. The van der Waals surface area contributed by atoms with Gasteiger partial charge in [0, 0.05) is 17.6 Å². The van der Waals surface area contributed by atoms with Crippen LogP contribution in [0.4, 0.5) is 0 Å². The molecule has 0 spiro atoms. The fourth-order valence-corrected chi connectivity index (χ4v) is 3.83. The number of amides is 1. The Hall–Kier alpha value is -1.84. The highest BCUT2D eigenvalue weighted by Gasteiger charge is 2.24. The van der Waals surface area contributed by atoms with E-state index >= 15 is 0 Å². The van der Waals surface area contributed by atoms with E-state index in [9.17, 15) is 4.79 Å². The number of hydrogen-bond acceptors (Lipinski definition) is 2. The Morgan fingerprint density at radius 1 is 1.24 bits per heavy atom. The molecule has 1 N–H and O–H groups in total. The first-order chi connectivity index (χ1) is 12.1. The molecule has 132 valence electrons. The first kappa shape index (κ1) is 18.0. The van der Waals surface area contributed by atoms with Gasteiger partial charge in [0.15, 0.2) is 0 Å². The van der Waals surface area contributed by atoms with Gasteiger partial charge < -0.3 is 5.32 Å². The number of aryl methyl sites for hydroxylation is 1. The third-order valence-corrected chi connectivity index (χ3v) is 5.12. The van der Waals surface area contributed by atoms with Crippen molar-refractivity contribution in [2.45, 2.75) is 31.7 Å². The maximum atomic E-state index is 12.3. The summed E-state index contributed by atoms with van der Waals surface area (Å²) in [5.41, 5.74) is 3.94. The van der Waals surface area contributed by atoms with Crippen molar-refractivity contribution < 1.29 is 4.79 Å². The largest absolute Gasteiger partial charge is 0.355 e. The number of likely N-dealkylation sites (N-methyl/N-ethyl adjacent to an activating group) is 1. The van der Waals surface area contributed by atoms with E-state index < -0.39 is 0 Å². The van der Waals surface area contributed by atoms with E-state index in [1.165, 1.54) is 17.5 Å². The Morgan fingerprint density at radius 2 is 2.08 bits per heavy atom. The number of nitrogens with one attached hydrogen (secondary N) is 1. The maximum Gasteiger partial charge on any atom is 0.234 e. The van der Waals surface area contributed by atoms with Gasteiger partial charge >= 0.3 is 0 Å². The smallest absolute Gasteiger partial charge is 0.234 e. The molecule has 3 rings (SSSR count). The van der Waals surface area contributed by atoms with Crippen molar-refractivity contribution >= 4 is 17.5 Å². The Morgan fingerprint density at radius 3 is 2.92 bits per heavy atom. The van der Waals surface area contributed by atoms with Crippen molar-refractivity contribution in [1.82, 2.24) is 10.2 Å². The number of hydrogen-bond donors (Lipinski definition) is 1. The van der Waals surface area contributed by atoms with Crippen LogP contribution in [-0.2, 0) is 17.6 Å². The zero-order valence-corrected chi connectivity index (χ0v) is 15.4. The molecular weight excluding hydrogens is 332 g/mol. The van der Waals surface area contributed by atoms with Crippen LogP contribution < -0.4 is 5.32 Å². The van der Waals surface area contributed by atoms with E-state index in [0.717, 1.165) is 29.8 Å². The van der Waals surface area contributed by atoms with Gasteiger partial charge in [0.25, 0.3) is 0 Å². The molecular formula is C21H25ClN2O. The summed E-state index contributed by atoms with van der Waals surface area (Å²) < 4.78 is 0. The molecule has 0 fully saturated rings. The van der Waals surface area contributed by atoms with Crippen LogP contribution in [0.1, 0.15) is 35.6 Å². The maximum absolute atomic E-state index is 12.3. The number of fused-ring (bicyclic) bond motifs is 1. The van der Waals surface area contributed by atoms with E-state index in [1.54, 1.807) is 0 Å². The summed E-state index contributed by atoms with van der Waals surface area (Å²) in [7, 11) is 2.04. The van der Waals surface area contributed by atoms with E-state index in [0.29, 0.717) is 19.1 Å². The Kier molecular flexibility index (Phi) is 6.11. The van der Waals surface area contributed by atoms with Gasteiger partial charge in [-0.05, 0) is 61.6 Å². The van der Waals surface area contributed by atoms with Crippen molar-refractivity contribution in [1.29, 1.82) is 0 Å². The average Bonchev–Trinajstić information content (AvgIpc) is 2.61. The van der Waals surface area contributed by atoms with Gasteiger partial charge in [0.05, 0.1) is 6.54 Å². The van der Waals surface area contributed by atoms with Crippen LogP contribution in [-0.4, -0.2) is 30.9 Å². The van der Waals surface area contributed by atoms with E-state index in [2.05, 4.69) is 34.5 Å². The summed E-state index contributed by atoms with van der Waals surface area (Å²) in [6, 6.07) is 16.7. The molecule has 0 heterocycles. The topological polar surface area (TPSA) is 32.3 Å². The third-order valence-electron chi connectivity index (χ3n) is 4.89. The van der Waals surface area contributed by atoms with Crippen LogP contribution in [0.5, 0.6) is 0 Å². The number of rotatable bonds is 6. The lowest BCUT2D eigenvalue weighted by Crippen LogP contribution is -2.38. The molecule has 0 aliphatic heterocycles. The minimum atomic E-state index is 0.0765. The molecule has 0 aromatic heterocycles. The van der Waals surface area contributed by atoms with Crippen LogP contribution in [0.3, 0.4) is 0 Å². The summed E-state index contributed by atoms with van der Waals surface area (Å²) in [5.74, 6) is 0.0765. The number of carbonyl (C=O) groups excluding carboxylic acids is 1. The van der Waals surface area contributed by atoms with E-state index in [4.69, 9.17) is 11.6 Å². The normalized spacial score (nSPS) is 16.5. The van der Waals surface area contributed by atoms with Gasteiger partial charge in [0.1, 0.15) is 0 Å². The predicted octanol–water partition coefficient (Wildman–Crippen LogP) is 4.01. The lowest BCUT2D eigenvalue weighted by atomic mass is 9.87.